The summed E-state index contributed by atoms with van der Waals surface area (Å²) in [5, 5.41) is 6.32. The quantitative estimate of drug-likeness (QED) is 0.643. The summed E-state index contributed by atoms with van der Waals surface area (Å²) < 4.78 is 24.4. The van der Waals surface area contributed by atoms with Gasteiger partial charge in [-0.05, 0) is 36.4 Å². The summed E-state index contributed by atoms with van der Waals surface area (Å²) in [6.45, 7) is 7.13. The molecule has 2 aliphatic heterocycles. The van der Waals surface area contributed by atoms with E-state index in [-0.39, 0.29) is 17.8 Å². The van der Waals surface area contributed by atoms with Crippen molar-refractivity contribution in [1.82, 2.24) is 14.8 Å². The van der Waals surface area contributed by atoms with Gasteiger partial charge in [-0.15, -0.1) is 0 Å². The van der Waals surface area contributed by atoms with E-state index < -0.39 is 0 Å². The molecule has 2 heterocycles. The van der Waals surface area contributed by atoms with Crippen LogP contribution >= 0.6 is 0 Å². The van der Waals surface area contributed by atoms with E-state index in [1.807, 2.05) is 18.2 Å². The van der Waals surface area contributed by atoms with E-state index in [4.69, 9.17) is 14.6 Å². The molecule has 0 spiro atoms. The molecule has 7 nitrogen and oxygen atoms in total. The lowest BCUT2D eigenvalue weighted by Crippen LogP contribution is -2.49. The number of carbonyl (C=O) groups excluding carboxylic acids is 1. The lowest BCUT2D eigenvalue weighted by atomic mass is 9.97. The zero-order chi connectivity index (χ0) is 23.4. The maximum Gasteiger partial charge on any atom is 0.257 e. The van der Waals surface area contributed by atoms with E-state index >= 15 is 0 Å². The van der Waals surface area contributed by atoms with E-state index in [1.165, 1.54) is 12.1 Å². The van der Waals surface area contributed by atoms with Gasteiger partial charge in [-0.25, -0.2) is 9.40 Å². The number of nitrogens with zero attached hydrogens (tertiary/aromatic N) is 4. The molecule has 1 fully saturated rings. The Bertz CT molecular complexity index is 1000. The second kappa shape index (κ2) is 10.3. The molecule has 1 saturated heterocycles. The van der Waals surface area contributed by atoms with Gasteiger partial charge in [-0.1, -0.05) is 19.1 Å². The number of methoxy groups -OCH3 is 2. The highest BCUT2D eigenvalue weighted by Crippen LogP contribution is 2.36. The minimum atomic E-state index is -0.304. The van der Waals surface area contributed by atoms with E-state index in [1.54, 1.807) is 31.4 Å². The standard InChI is InChI=1S/C25H31FN4O3/c1-4-28-11-13-29(14-12-28)17-25(31)30-23(18-5-7-19(26)8-6-18)16-22(27-30)21-10-9-20(32-2)15-24(21)33-3/h5-10,15,23H,4,11-14,16-17H2,1-3H3/t23-/m1/s1. The molecule has 2 aliphatic rings. The Labute approximate surface area is 194 Å². The number of benzene rings is 2. The van der Waals surface area contributed by atoms with Crippen molar-refractivity contribution in [1.29, 1.82) is 0 Å². The van der Waals surface area contributed by atoms with Crippen LogP contribution in [-0.4, -0.2) is 79.9 Å². The van der Waals surface area contributed by atoms with Crippen molar-refractivity contribution in [2.24, 2.45) is 5.10 Å². The number of hydrogen-bond donors (Lipinski definition) is 0. The van der Waals surface area contributed by atoms with Gasteiger partial charge < -0.3 is 14.4 Å². The number of rotatable bonds is 7. The molecule has 2 aromatic rings. The van der Waals surface area contributed by atoms with Crippen molar-refractivity contribution in [2.75, 3.05) is 53.5 Å². The highest BCUT2D eigenvalue weighted by atomic mass is 19.1. The topological polar surface area (TPSA) is 57.6 Å². The third-order valence-corrected chi connectivity index (χ3v) is 6.41. The zero-order valence-electron chi connectivity index (χ0n) is 19.5. The molecule has 0 radical (unpaired) electrons. The number of ether oxygens (including phenoxy) is 2. The summed E-state index contributed by atoms with van der Waals surface area (Å²) in [7, 11) is 3.21. The van der Waals surface area contributed by atoms with E-state index in [9.17, 15) is 9.18 Å². The van der Waals surface area contributed by atoms with Gasteiger partial charge in [-0.2, -0.15) is 5.10 Å². The van der Waals surface area contributed by atoms with Crippen LogP contribution in [0, 0.1) is 5.82 Å². The van der Waals surface area contributed by atoms with Gasteiger partial charge in [0.15, 0.2) is 0 Å². The third kappa shape index (κ3) is 5.17. The lowest BCUT2D eigenvalue weighted by molar-refractivity contribution is -0.134. The van der Waals surface area contributed by atoms with Crippen LogP contribution in [0.4, 0.5) is 4.39 Å². The predicted molar refractivity (Wildman–Crippen MR) is 125 cm³/mol. The second-order valence-electron chi connectivity index (χ2n) is 8.33. The molecule has 4 rings (SSSR count). The Kier molecular flexibility index (Phi) is 7.25. The highest BCUT2D eigenvalue weighted by Gasteiger charge is 2.35. The first-order chi connectivity index (χ1) is 16.0. The third-order valence-electron chi connectivity index (χ3n) is 6.41. The summed E-state index contributed by atoms with van der Waals surface area (Å²) in [5.74, 6) is 0.956. The SMILES string of the molecule is CCN1CCN(CC(=O)N2N=C(c3ccc(OC)cc3OC)C[C@@H]2c2ccc(F)cc2)CC1. The van der Waals surface area contributed by atoms with Crippen LogP contribution in [0.5, 0.6) is 11.5 Å². The molecule has 1 atom stereocenters. The van der Waals surface area contributed by atoms with Crippen molar-refractivity contribution >= 4 is 11.6 Å². The Morgan fingerprint density at radius 3 is 2.36 bits per heavy atom. The van der Waals surface area contributed by atoms with Gasteiger partial charge in [0.05, 0.1) is 32.5 Å². The fourth-order valence-electron chi connectivity index (χ4n) is 4.41. The second-order valence-corrected chi connectivity index (χ2v) is 8.33. The van der Waals surface area contributed by atoms with Crippen LogP contribution in [0.3, 0.4) is 0 Å². The Morgan fingerprint density at radius 2 is 1.73 bits per heavy atom. The molecule has 0 saturated carbocycles. The fourth-order valence-corrected chi connectivity index (χ4v) is 4.41. The first-order valence-electron chi connectivity index (χ1n) is 11.3. The first kappa shape index (κ1) is 23.2. The zero-order valence-corrected chi connectivity index (χ0v) is 19.5. The number of amides is 1. The monoisotopic (exact) mass is 454 g/mol. The van der Waals surface area contributed by atoms with Crippen molar-refractivity contribution in [2.45, 2.75) is 19.4 Å². The van der Waals surface area contributed by atoms with Crippen LogP contribution in [0.2, 0.25) is 0 Å². The van der Waals surface area contributed by atoms with Crippen LogP contribution in [0.1, 0.15) is 30.5 Å². The molecular weight excluding hydrogens is 423 g/mol. The Balaban J connectivity index is 1.60. The van der Waals surface area contributed by atoms with Crippen molar-refractivity contribution < 1.29 is 18.7 Å². The maximum atomic E-state index is 13.6. The Hall–Kier alpha value is -2.97. The van der Waals surface area contributed by atoms with Gasteiger partial charge >= 0.3 is 0 Å². The van der Waals surface area contributed by atoms with Crippen LogP contribution in [0.15, 0.2) is 47.6 Å². The summed E-state index contributed by atoms with van der Waals surface area (Å²) in [4.78, 5) is 17.9. The predicted octanol–water partition coefficient (Wildman–Crippen LogP) is 3.16. The van der Waals surface area contributed by atoms with Crippen molar-refractivity contribution in [3.63, 3.8) is 0 Å². The smallest absolute Gasteiger partial charge is 0.257 e. The Morgan fingerprint density at radius 1 is 1.03 bits per heavy atom. The summed E-state index contributed by atoms with van der Waals surface area (Å²) >= 11 is 0. The number of hydrogen-bond acceptors (Lipinski definition) is 6. The van der Waals surface area contributed by atoms with Crippen LogP contribution in [0.25, 0.3) is 0 Å². The number of piperazine rings is 1. The van der Waals surface area contributed by atoms with E-state index in [0.29, 0.717) is 24.5 Å². The first-order valence-corrected chi connectivity index (χ1v) is 11.3. The molecule has 1 amide bonds. The minimum Gasteiger partial charge on any atom is -0.497 e. The number of halogens is 1. The molecule has 8 heteroatoms. The normalized spacial score (nSPS) is 19.5. The molecule has 0 N–H and O–H groups in total. The molecule has 0 unspecified atom stereocenters. The lowest BCUT2D eigenvalue weighted by Gasteiger charge is -2.34. The van der Waals surface area contributed by atoms with Gasteiger partial charge in [-0.3, -0.25) is 9.69 Å². The number of likely N-dealkylation sites (N-methyl/N-ethyl adjacent to an activating group) is 1. The van der Waals surface area contributed by atoms with Crippen molar-refractivity contribution in [3.8, 4) is 11.5 Å². The summed E-state index contributed by atoms with van der Waals surface area (Å²) in [6, 6.07) is 11.6. The van der Waals surface area contributed by atoms with Crippen LogP contribution in [-0.2, 0) is 4.79 Å². The molecule has 0 aromatic heterocycles. The maximum absolute atomic E-state index is 13.6. The van der Waals surface area contributed by atoms with Gasteiger partial charge in [0.2, 0.25) is 0 Å². The largest absolute Gasteiger partial charge is 0.497 e. The molecule has 0 bridgehead atoms. The van der Waals surface area contributed by atoms with E-state index in [0.717, 1.165) is 49.6 Å². The number of hydrazone groups is 1. The van der Waals surface area contributed by atoms with Gasteiger partial charge in [0, 0.05) is 44.2 Å². The average Bonchev–Trinajstić information content (AvgIpc) is 3.30. The molecule has 176 valence electrons. The fraction of sp³-hybridized carbons (Fsp3) is 0.440. The van der Waals surface area contributed by atoms with Gasteiger partial charge in [0.1, 0.15) is 17.3 Å². The molecule has 33 heavy (non-hydrogen) atoms. The summed E-state index contributed by atoms with van der Waals surface area (Å²) in [5.41, 5.74) is 2.43. The van der Waals surface area contributed by atoms with Crippen molar-refractivity contribution in [3.05, 3.63) is 59.4 Å². The van der Waals surface area contributed by atoms with Crippen LogP contribution < -0.4 is 9.47 Å². The average molecular weight is 455 g/mol. The molecule has 0 aliphatic carbocycles. The molecule has 2 aromatic carbocycles. The molecular formula is C25H31FN4O3. The van der Waals surface area contributed by atoms with E-state index in [2.05, 4.69) is 16.7 Å². The van der Waals surface area contributed by atoms with Gasteiger partial charge in [0.25, 0.3) is 5.91 Å². The highest BCUT2D eigenvalue weighted by molar-refractivity contribution is 6.05. The number of carbonyl (C=O) groups is 1. The summed E-state index contributed by atoms with van der Waals surface area (Å²) in [6.07, 6.45) is 0.518. The minimum absolute atomic E-state index is 0.0586.